The number of rotatable bonds is 7. The molecule has 0 aromatic heterocycles. The second-order valence-corrected chi connectivity index (χ2v) is 3.68. The Morgan fingerprint density at radius 2 is 1.94 bits per heavy atom. The van der Waals surface area contributed by atoms with E-state index in [1.54, 1.807) is 6.92 Å². The number of hydrogen-bond acceptors (Lipinski definition) is 2. The standard InChI is InChI=1S/C12H15F4NO/c1-2-17-10(6-18-7-11(14)15)8-4-3-5-9(13)12(8)16/h3-5,10-11,17H,2,6-7H2,1H3. The molecule has 6 heteroatoms. The van der Waals surface area contributed by atoms with Gasteiger partial charge in [-0.2, -0.15) is 0 Å². The molecular formula is C12H15F4NO. The fourth-order valence-corrected chi connectivity index (χ4v) is 1.57. The maximum absolute atomic E-state index is 13.5. The molecule has 0 aliphatic rings. The summed E-state index contributed by atoms with van der Waals surface area (Å²) in [4.78, 5) is 0. The van der Waals surface area contributed by atoms with Crippen molar-refractivity contribution < 1.29 is 22.3 Å². The van der Waals surface area contributed by atoms with Crippen molar-refractivity contribution in [2.24, 2.45) is 0 Å². The molecule has 102 valence electrons. The second kappa shape index (κ2) is 7.33. The minimum atomic E-state index is -2.58. The van der Waals surface area contributed by atoms with Crippen LogP contribution < -0.4 is 5.32 Å². The van der Waals surface area contributed by atoms with Gasteiger partial charge in [0.25, 0.3) is 6.43 Å². The van der Waals surface area contributed by atoms with Gasteiger partial charge in [0.2, 0.25) is 0 Å². The molecule has 1 aromatic rings. The van der Waals surface area contributed by atoms with Gasteiger partial charge in [-0.25, -0.2) is 17.6 Å². The van der Waals surface area contributed by atoms with Crippen LogP contribution in [0.25, 0.3) is 0 Å². The molecule has 1 N–H and O–H groups in total. The molecule has 1 atom stereocenters. The molecule has 0 aliphatic carbocycles. The van der Waals surface area contributed by atoms with Gasteiger partial charge in [0.05, 0.1) is 12.6 Å². The number of alkyl halides is 2. The molecule has 0 amide bonds. The van der Waals surface area contributed by atoms with Gasteiger partial charge in [-0.15, -0.1) is 0 Å². The fraction of sp³-hybridized carbons (Fsp3) is 0.500. The summed E-state index contributed by atoms with van der Waals surface area (Å²) in [6, 6.07) is 3.12. The molecular weight excluding hydrogens is 250 g/mol. The number of likely N-dealkylation sites (N-methyl/N-ethyl adjacent to an activating group) is 1. The maximum Gasteiger partial charge on any atom is 0.261 e. The summed E-state index contributed by atoms with van der Waals surface area (Å²) >= 11 is 0. The third-order valence-corrected chi connectivity index (χ3v) is 2.34. The van der Waals surface area contributed by atoms with Gasteiger partial charge in [-0.3, -0.25) is 0 Å². The van der Waals surface area contributed by atoms with Crippen LogP contribution in [0.2, 0.25) is 0 Å². The van der Waals surface area contributed by atoms with E-state index < -0.39 is 30.7 Å². The monoisotopic (exact) mass is 265 g/mol. The van der Waals surface area contributed by atoms with Gasteiger partial charge < -0.3 is 10.1 Å². The van der Waals surface area contributed by atoms with E-state index in [-0.39, 0.29) is 12.2 Å². The zero-order valence-electron chi connectivity index (χ0n) is 9.93. The minimum absolute atomic E-state index is 0.0751. The highest BCUT2D eigenvalue weighted by Crippen LogP contribution is 2.19. The summed E-state index contributed by atoms with van der Waals surface area (Å²) in [6.07, 6.45) is -2.58. The summed E-state index contributed by atoms with van der Waals surface area (Å²) < 4.78 is 55.2. The van der Waals surface area contributed by atoms with Gasteiger partial charge in [-0.1, -0.05) is 19.1 Å². The summed E-state index contributed by atoms with van der Waals surface area (Å²) in [6.45, 7) is 1.40. The largest absolute Gasteiger partial charge is 0.374 e. The number of ether oxygens (including phenoxy) is 1. The highest BCUT2D eigenvalue weighted by atomic mass is 19.3. The predicted molar refractivity (Wildman–Crippen MR) is 59.6 cm³/mol. The van der Waals surface area contributed by atoms with Crippen LogP contribution in [-0.4, -0.2) is 26.2 Å². The average molecular weight is 265 g/mol. The molecule has 2 nitrogen and oxygen atoms in total. The van der Waals surface area contributed by atoms with Crippen molar-refractivity contribution in [2.75, 3.05) is 19.8 Å². The van der Waals surface area contributed by atoms with Gasteiger partial charge in [-0.05, 0) is 12.6 Å². The fourth-order valence-electron chi connectivity index (χ4n) is 1.57. The van der Waals surface area contributed by atoms with Crippen LogP contribution in [0.4, 0.5) is 17.6 Å². The van der Waals surface area contributed by atoms with Crippen molar-refractivity contribution in [3.05, 3.63) is 35.4 Å². The van der Waals surface area contributed by atoms with Gasteiger partial charge >= 0.3 is 0 Å². The lowest BCUT2D eigenvalue weighted by atomic mass is 10.1. The van der Waals surface area contributed by atoms with Crippen molar-refractivity contribution in [1.29, 1.82) is 0 Å². The van der Waals surface area contributed by atoms with E-state index in [4.69, 9.17) is 4.74 Å². The summed E-state index contributed by atoms with van der Waals surface area (Å²) in [5.74, 6) is -1.95. The Morgan fingerprint density at radius 1 is 1.22 bits per heavy atom. The Bertz CT molecular complexity index is 373. The Morgan fingerprint density at radius 3 is 2.56 bits per heavy atom. The maximum atomic E-state index is 13.5. The summed E-state index contributed by atoms with van der Waals surface area (Å²) in [5.41, 5.74) is 0.0751. The summed E-state index contributed by atoms with van der Waals surface area (Å²) in [7, 11) is 0. The predicted octanol–water partition coefficient (Wildman–Crippen LogP) is 2.90. The first-order valence-electron chi connectivity index (χ1n) is 5.59. The molecule has 0 spiro atoms. The van der Waals surface area contributed by atoms with E-state index in [0.29, 0.717) is 6.54 Å². The Kier molecular flexibility index (Phi) is 6.07. The molecule has 0 radical (unpaired) electrons. The SMILES string of the molecule is CCNC(COCC(F)F)c1cccc(F)c1F. The first-order valence-corrected chi connectivity index (χ1v) is 5.59. The molecule has 0 saturated carbocycles. The zero-order valence-corrected chi connectivity index (χ0v) is 9.93. The Balaban J connectivity index is 2.74. The van der Waals surface area contributed by atoms with Crippen LogP contribution in [0, 0.1) is 11.6 Å². The first kappa shape index (κ1) is 14.9. The lowest BCUT2D eigenvalue weighted by Gasteiger charge is -2.19. The molecule has 0 aliphatic heterocycles. The minimum Gasteiger partial charge on any atom is -0.374 e. The van der Waals surface area contributed by atoms with Gasteiger partial charge in [0.15, 0.2) is 11.6 Å². The number of benzene rings is 1. The van der Waals surface area contributed by atoms with Crippen LogP contribution in [0.1, 0.15) is 18.5 Å². The van der Waals surface area contributed by atoms with Crippen LogP contribution in [0.5, 0.6) is 0 Å². The quantitative estimate of drug-likeness (QED) is 0.765. The van der Waals surface area contributed by atoms with Gasteiger partial charge in [0.1, 0.15) is 6.61 Å². The van der Waals surface area contributed by atoms with E-state index >= 15 is 0 Å². The molecule has 1 unspecified atom stereocenters. The molecule has 0 saturated heterocycles. The average Bonchev–Trinajstić information content (AvgIpc) is 2.31. The van der Waals surface area contributed by atoms with E-state index in [2.05, 4.69) is 5.32 Å². The number of nitrogens with one attached hydrogen (secondary N) is 1. The highest BCUT2D eigenvalue weighted by Gasteiger charge is 2.18. The third kappa shape index (κ3) is 4.27. The lowest BCUT2D eigenvalue weighted by Crippen LogP contribution is -2.27. The first-order chi connectivity index (χ1) is 8.56. The van der Waals surface area contributed by atoms with Crippen molar-refractivity contribution >= 4 is 0 Å². The molecule has 0 fully saturated rings. The molecule has 18 heavy (non-hydrogen) atoms. The zero-order chi connectivity index (χ0) is 13.5. The van der Waals surface area contributed by atoms with Crippen molar-refractivity contribution in [3.63, 3.8) is 0 Å². The van der Waals surface area contributed by atoms with E-state index in [0.717, 1.165) is 6.07 Å². The van der Waals surface area contributed by atoms with Crippen LogP contribution in [-0.2, 0) is 4.74 Å². The van der Waals surface area contributed by atoms with Crippen molar-refractivity contribution in [2.45, 2.75) is 19.4 Å². The normalized spacial score (nSPS) is 13.0. The van der Waals surface area contributed by atoms with Gasteiger partial charge in [0, 0.05) is 5.56 Å². The topological polar surface area (TPSA) is 21.3 Å². The van der Waals surface area contributed by atoms with E-state index in [9.17, 15) is 17.6 Å². The summed E-state index contributed by atoms with van der Waals surface area (Å²) in [5, 5.41) is 2.86. The third-order valence-electron chi connectivity index (χ3n) is 2.34. The molecule has 1 aromatic carbocycles. The smallest absolute Gasteiger partial charge is 0.261 e. The van der Waals surface area contributed by atoms with E-state index in [1.165, 1.54) is 12.1 Å². The molecule has 1 rings (SSSR count). The second-order valence-electron chi connectivity index (χ2n) is 3.68. The van der Waals surface area contributed by atoms with Crippen molar-refractivity contribution in [1.82, 2.24) is 5.32 Å². The molecule has 0 heterocycles. The van der Waals surface area contributed by atoms with Crippen molar-refractivity contribution in [3.8, 4) is 0 Å². The van der Waals surface area contributed by atoms with E-state index in [1.807, 2.05) is 0 Å². The lowest BCUT2D eigenvalue weighted by molar-refractivity contribution is 0.00900. The Labute approximate surface area is 103 Å². The molecule has 0 bridgehead atoms. The number of halogens is 4. The number of hydrogen-bond donors (Lipinski definition) is 1. The van der Waals surface area contributed by atoms with Crippen LogP contribution in [0.3, 0.4) is 0 Å². The van der Waals surface area contributed by atoms with Crippen LogP contribution in [0.15, 0.2) is 18.2 Å². The highest BCUT2D eigenvalue weighted by molar-refractivity contribution is 5.22. The van der Waals surface area contributed by atoms with Crippen LogP contribution >= 0.6 is 0 Å². The Hall–Kier alpha value is -1.14.